The molecular weight excluding hydrogens is 186 g/mol. The number of hydrogen-bond donors (Lipinski definition) is 1. The standard InChI is InChI=1S/C5H7NO5S/c1-12(9,10)11-3-2-4(7)6-5(3)8/h3H,2H2,1H3,(H,6,7,8). The van der Waals surface area contributed by atoms with E-state index in [1.54, 1.807) is 0 Å². The Bertz CT molecular complexity index is 319. The predicted molar refractivity (Wildman–Crippen MR) is 37.5 cm³/mol. The highest BCUT2D eigenvalue weighted by atomic mass is 32.2. The van der Waals surface area contributed by atoms with Gasteiger partial charge >= 0.3 is 0 Å². The fourth-order valence-corrected chi connectivity index (χ4v) is 1.40. The number of rotatable bonds is 2. The van der Waals surface area contributed by atoms with Crippen LogP contribution in [-0.4, -0.2) is 32.6 Å². The lowest BCUT2D eigenvalue weighted by Crippen LogP contribution is -2.28. The summed E-state index contributed by atoms with van der Waals surface area (Å²) in [7, 11) is -3.68. The molecule has 0 saturated carbocycles. The molecule has 1 saturated heterocycles. The number of carbonyl (C=O) groups is 2. The van der Waals surface area contributed by atoms with Crippen molar-refractivity contribution in [2.24, 2.45) is 0 Å². The summed E-state index contributed by atoms with van der Waals surface area (Å²) < 4.78 is 25.4. The van der Waals surface area contributed by atoms with Crippen molar-refractivity contribution in [3.05, 3.63) is 0 Å². The Hall–Kier alpha value is -0.950. The van der Waals surface area contributed by atoms with Crippen LogP contribution < -0.4 is 5.32 Å². The number of amides is 2. The van der Waals surface area contributed by atoms with E-state index in [0.717, 1.165) is 6.26 Å². The van der Waals surface area contributed by atoms with Crippen LogP contribution in [0.5, 0.6) is 0 Å². The van der Waals surface area contributed by atoms with E-state index in [-0.39, 0.29) is 6.42 Å². The van der Waals surface area contributed by atoms with Crippen LogP contribution in [-0.2, 0) is 23.9 Å². The highest BCUT2D eigenvalue weighted by Crippen LogP contribution is 2.08. The van der Waals surface area contributed by atoms with Gasteiger partial charge in [0.05, 0.1) is 12.7 Å². The van der Waals surface area contributed by atoms with E-state index in [1.165, 1.54) is 0 Å². The van der Waals surface area contributed by atoms with Gasteiger partial charge in [0.25, 0.3) is 16.0 Å². The molecule has 0 aromatic rings. The van der Waals surface area contributed by atoms with Crippen molar-refractivity contribution < 1.29 is 22.2 Å². The van der Waals surface area contributed by atoms with Crippen molar-refractivity contribution in [1.82, 2.24) is 5.32 Å². The summed E-state index contributed by atoms with van der Waals surface area (Å²) in [5.74, 6) is -1.22. The smallest absolute Gasteiger partial charge is 0.265 e. The van der Waals surface area contributed by atoms with Gasteiger partial charge in [-0.2, -0.15) is 8.42 Å². The van der Waals surface area contributed by atoms with Gasteiger partial charge in [0.15, 0.2) is 6.10 Å². The first-order valence-corrected chi connectivity index (χ1v) is 4.92. The zero-order valence-electron chi connectivity index (χ0n) is 6.23. The van der Waals surface area contributed by atoms with Gasteiger partial charge in [-0.3, -0.25) is 19.1 Å². The summed E-state index contributed by atoms with van der Waals surface area (Å²) in [4.78, 5) is 21.3. The van der Waals surface area contributed by atoms with Crippen LogP contribution in [0.4, 0.5) is 0 Å². The van der Waals surface area contributed by atoms with Crippen LogP contribution in [0.2, 0.25) is 0 Å². The quantitative estimate of drug-likeness (QED) is 0.420. The highest BCUT2D eigenvalue weighted by Gasteiger charge is 2.33. The van der Waals surface area contributed by atoms with Crippen LogP contribution >= 0.6 is 0 Å². The average molecular weight is 193 g/mol. The summed E-state index contributed by atoms with van der Waals surface area (Å²) in [6, 6.07) is 0. The van der Waals surface area contributed by atoms with Crippen molar-refractivity contribution >= 4 is 21.9 Å². The molecule has 1 aliphatic heterocycles. The molecule has 1 atom stereocenters. The van der Waals surface area contributed by atoms with E-state index in [9.17, 15) is 18.0 Å². The zero-order valence-corrected chi connectivity index (χ0v) is 7.05. The molecule has 1 heterocycles. The Morgan fingerprint density at radius 1 is 1.50 bits per heavy atom. The third kappa shape index (κ3) is 2.28. The minimum Gasteiger partial charge on any atom is -0.294 e. The topological polar surface area (TPSA) is 89.5 Å². The molecule has 0 aromatic heterocycles. The van der Waals surface area contributed by atoms with Crippen molar-refractivity contribution in [2.75, 3.05) is 6.26 Å². The fraction of sp³-hybridized carbons (Fsp3) is 0.600. The normalized spacial score (nSPS) is 24.2. The zero-order chi connectivity index (χ0) is 9.35. The highest BCUT2D eigenvalue weighted by molar-refractivity contribution is 7.86. The van der Waals surface area contributed by atoms with E-state index < -0.39 is 28.0 Å². The van der Waals surface area contributed by atoms with Gasteiger partial charge < -0.3 is 0 Å². The molecule has 7 heteroatoms. The monoisotopic (exact) mass is 193 g/mol. The van der Waals surface area contributed by atoms with Gasteiger partial charge in [-0.1, -0.05) is 0 Å². The van der Waals surface area contributed by atoms with Gasteiger partial charge in [0.1, 0.15) is 0 Å². The van der Waals surface area contributed by atoms with Gasteiger partial charge in [0, 0.05) is 0 Å². The maximum absolute atomic E-state index is 10.7. The Morgan fingerprint density at radius 3 is 2.42 bits per heavy atom. The lowest BCUT2D eigenvalue weighted by atomic mass is 10.3. The van der Waals surface area contributed by atoms with Gasteiger partial charge in [-0.25, -0.2) is 0 Å². The molecule has 0 aromatic carbocycles. The molecule has 1 N–H and O–H groups in total. The van der Waals surface area contributed by atoms with Gasteiger partial charge in [-0.15, -0.1) is 0 Å². The molecule has 2 amide bonds. The molecule has 1 rings (SSSR count). The van der Waals surface area contributed by atoms with Crippen LogP contribution in [0, 0.1) is 0 Å². The van der Waals surface area contributed by atoms with E-state index in [1.807, 2.05) is 5.32 Å². The first-order chi connectivity index (χ1) is 5.38. The second-order valence-electron chi connectivity index (χ2n) is 2.41. The summed E-state index contributed by atoms with van der Waals surface area (Å²) in [6.45, 7) is 0. The number of nitrogens with one attached hydrogen (secondary N) is 1. The SMILES string of the molecule is CS(=O)(=O)OC1CC(=O)NC1=O. The van der Waals surface area contributed by atoms with E-state index in [0.29, 0.717) is 0 Å². The van der Waals surface area contributed by atoms with Gasteiger partial charge in [0.2, 0.25) is 5.91 Å². The largest absolute Gasteiger partial charge is 0.294 e. The van der Waals surface area contributed by atoms with E-state index in [4.69, 9.17) is 0 Å². The minimum atomic E-state index is -3.68. The minimum absolute atomic E-state index is 0.230. The molecular formula is C5H7NO5S. The summed E-state index contributed by atoms with van der Waals surface area (Å²) in [5, 5.41) is 1.92. The molecule has 12 heavy (non-hydrogen) atoms. The van der Waals surface area contributed by atoms with Crippen molar-refractivity contribution in [3.63, 3.8) is 0 Å². The molecule has 0 radical (unpaired) electrons. The lowest BCUT2D eigenvalue weighted by Gasteiger charge is -2.03. The Morgan fingerprint density at radius 2 is 2.08 bits per heavy atom. The van der Waals surface area contributed by atoms with Crippen molar-refractivity contribution in [2.45, 2.75) is 12.5 Å². The van der Waals surface area contributed by atoms with Crippen LogP contribution in [0.3, 0.4) is 0 Å². The van der Waals surface area contributed by atoms with Crippen LogP contribution in [0.15, 0.2) is 0 Å². The molecule has 6 nitrogen and oxygen atoms in total. The first-order valence-electron chi connectivity index (χ1n) is 3.10. The second kappa shape index (κ2) is 2.83. The number of hydrogen-bond acceptors (Lipinski definition) is 5. The first kappa shape index (κ1) is 9.14. The fourth-order valence-electron chi connectivity index (χ4n) is 0.819. The molecule has 0 bridgehead atoms. The average Bonchev–Trinajstić information content (AvgIpc) is 2.06. The lowest BCUT2D eigenvalue weighted by molar-refractivity contribution is -0.126. The molecule has 1 fully saturated rings. The molecule has 1 aliphatic rings. The summed E-state index contributed by atoms with van der Waals surface area (Å²) >= 11 is 0. The Kier molecular flexibility index (Phi) is 2.16. The third-order valence-electron chi connectivity index (χ3n) is 1.22. The second-order valence-corrected chi connectivity index (χ2v) is 4.01. The van der Waals surface area contributed by atoms with E-state index in [2.05, 4.69) is 4.18 Å². The predicted octanol–water partition coefficient (Wildman–Crippen LogP) is -1.62. The van der Waals surface area contributed by atoms with Crippen LogP contribution in [0.25, 0.3) is 0 Å². The van der Waals surface area contributed by atoms with Gasteiger partial charge in [-0.05, 0) is 0 Å². The van der Waals surface area contributed by atoms with E-state index >= 15 is 0 Å². The van der Waals surface area contributed by atoms with Crippen molar-refractivity contribution in [3.8, 4) is 0 Å². The number of imide groups is 1. The van der Waals surface area contributed by atoms with Crippen LogP contribution in [0.1, 0.15) is 6.42 Å². The molecule has 0 spiro atoms. The Balaban J connectivity index is 2.67. The van der Waals surface area contributed by atoms with Crippen molar-refractivity contribution in [1.29, 1.82) is 0 Å². The summed E-state index contributed by atoms with van der Waals surface area (Å²) in [5.41, 5.74) is 0. The molecule has 0 aliphatic carbocycles. The maximum atomic E-state index is 10.7. The molecule has 1 unspecified atom stereocenters. The summed E-state index contributed by atoms with van der Waals surface area (Å²) in [6.07, 6.45) is -0.595. The maximum Gasteiger partial charge on any atom is 0.265 e. The molecule has 68 valence electrons. The number of carbonyl (C=O) groups excluding carboxylic acids is 2. The Labute approximate surface area is 69.0 Å². The third-order valence-corrected chi connectivity index (χ3v) is 1.80.